The molecule has 0 aromatic heterocycles. The first-order valence-corrected chi connectivity index (χ1v) is 4.37. The zero-order valence-electron chi connectivity index (χ0n) is 7.16. The molecule has 0 N–H and O–H groups in total. The van der Waals surface area contributed by atoms with Crippen LogP contribution in [0.3, 0.4) is 0 Å². The van der Waals surface area contributed by atoms with Crippen LogP contribution in [0.2, 0.25) is 0 Å². The zero-order chi connectivity index (χ0) is 8.36. The van der Waals surface area contributed by atoms with Crippen molar-refractivity contribution < 1.29 is 48.3 Å². The van der Waals surface area contributed by atoms with Gasteiger partial charge >= 0.3 is 29.6 Å². The van der Waals surface area contributed by atoms with E-state index >= 15 is 0 Å². The molecule has 11 heavy (non-hydrogen) atoms. The zero-order valence-corrected chi connectivity index (χ0v) is 10.1. The first-order chi connectivity index (χ1) is 4.41. The van der Waals surface area contributed by atoms with Gasteiger partial charge in [-0.25, -0.2) is 0 Å². The molecule has 60 valence electrons. The van der Waals surface area contributed by atoms with Gasteiger partial charge in [-0.3, -0.25) is 4.79 Å². The maximum atomic E-state index is 10.7. The Bertz CT molecular complexity index is 179. The van der Waals surface area contributed by atoms with Crippen LogP contribution in [0.15, 0.2) is 0 Å². The molecule has 0 spiro atoms. The van der Waals surface area contributed by atoms with E-state index in [2.05, 4.69) is 4.52 Å². The van der Waals surface area contributed by atoms with Crippen LogP contribution in [-0.4, -0.2) is 12.6 Å². The van der Waals surface area contributed by atoms with Gasteiger partial charge in [-0.05, 0) is 0 Å². The van der Waals surface area contributed by atoms with Crippen LogP contribution in [0.1, 0.15) is 13.8 Å². The Labute approximate surface area is 88.1 Å². The molecule has 0 aromatic carbocycles. The number of rotatable bonds is 3. The van der Waals surface area contributed by atoms with E-state index in [1.54, 1.807) is 0 Å². The third kappa shape index (κ3) is 4.41. The van der Waals surface area contributed by atoms with Gasteiger partial charge in [0, 0.05) is 13.0 Å². The molecule has 0 saturated carbocycles. The van der Waals surface area contributed by atoms with Crippen LogP contribution >= 0.6 is 7.60 Å². The Morgan fingerprint density at radius 1 is 1.55 bits per heavy atom. The SMILES string of the molecule is COP(=O)([O-])C(=O)C(C)C.[Na+]. The van der Waals surface area contributed by atoms with Crippen LogP contribution in [0.5, 0.6) is 0 Å². The van der Waals surface area contributed by atoms with E-state index in [4.69, 9.17) is 0 Å². The number of hydrogen-bond donors (Lipinski definition) is 0. The Morgan fingerprint density at radius 3 is 2.00 bits per heavy atom. The van der Waals surface area contributed by atoms with E-state index < -0.39 is 19.0 Å². The fourth-order valence-electron chi connectivity index (χ4n) is 0.406. The van der Waals surface area contributed by atoms with Gasteiger partial charge in [0.2, 0.25) is 13.1 Å². The number of carbonyl (C=O) groups excluding carboxylic acids is 1. The molecule has 0 saturated heterocycles. The quantitative estimate of drug-likeness (QED) is 0.359. The second-order valence-electron chi connectivity index (χ2n) is 2.17. The van der Waals surface area contributed by atoms with E-state index in [1.165, 1.54) is 13.8 Å². The first-order valence-electron chi connectivity index (χ1n) is 2.83. The van der Waals surface area contributed by atoms with Gasteiger partial charge in [-0.2, -0.15) is 0 Å². The largest absolute Gasteiger partial charge is 1.00 e. The van der Waals surface area contributed by atoms with Gasteiger partial charge in [-0.1, -0.05) is 13.8 Å². The molecular weight excluding hydrogens is 178 g/mol. The fourth-order valence-corrected chi connectivity index (χ4v) is 1.22. The molecule has 0 fully saturated rings. The van der Waals surface area contributed by atoms with Crippen LogP contribution in [0.25, 0.3) is 0 Å². The summed E-state index contributed by atoms with van der Waals surface area (Å²) >= 11 is 0. The predicted molar refractivity (Wildman–Crippen MR) is 34.5 cm³/mol. The van der Waals surface area contributed by atoms with Crippen molar-refractivity contribution in [2.75, 3.05) is 7.11 Å². The van der Waals surface area contributed by atoms with Gasteiger partial charge in [0.05, 0.1) is 0 Å². The fraction of sp³-hybridized carbons (Fsp3) is 0.800. The maximum Gasteiger partial charge on any atom is 1.00 e. The molecule has 0 radical (unpaired) electrons. The van der Waals surface area contributed by atoms with E-state index in [1.807, 2.05) is 0 Å². The average molecular weight is 188 g/mol. The molecule has 4 nitrogen and oxygen atoms in total. The van der Waals surface area contributed by atoms with Crippen molar-refractivity contribution in [3.8, 4) is 0 Å². The van der Waals surface area contributed by atoms with Gasteiger partial charge in [-0.15, -0.1) is 0 Å². The maximum absolute atomic E-state index is 10.7. The molecule has 6 heteroatoms. The molecule has 1 unspecified atom stereocenters. The molecular formula is C5H10NaO4P. The first kappa shape index (κ1) is 14.3. The minimum Gasteiger partial charge on any atom is -0.773 e. The molecule has 0 heterocycles. The standard InChI is InChI=1S/C5H11O4P.Na/c1-4(2)5(6)10(7,8)9-3;/h4H,1-3H3,(H,7,8);/q;+1/p-1. The van der Waals surface area contributed by atoms with Crippen LogP contribution < -0.4 is 34.5 Å². The molecule has 0 rings (SSSR count). The molecule has 0 amide bonds. The smallest absolute Gasteiger partial charge is 0.773 e. The Kier molecular flexibility index (Phi) is 7.13. The molecule has 1 atom stereocenters. The molecule has 0 bridgehead atoms. The average Bonchev–Trinajstić information content (AvgIpc) is 1.86. The van der Waals surface area contributed by atoms with Crippen molar-refractivity contribution in [2.45, 2.75) is 13.8 Å². The van der Waals surface area contributed by atoms with E-state index in [0.717, 1.165) is 7.11 Å². The monoisotopic (exact) mass is 188 g/mol. The van der Waals surface area contributed by atoms with Crippen molar-refractivity contribution in [2.24, 2.45) is 5.92 Å². The summed E-state index contributed by atoms with van der Waals surface area (Å²) in [5, 5.41) is 0. The van der Waals surface area contributed by atoms with Crippen molar-refractivity contribution >= 4 is 13.1 Å². The van der Waals surface area contributed by atoms with E-state index in [9.17, 15) is 14.3 Å². The summed E-state index contributed by atoms with van der Waals surface area (Å²) in [5.74, 6) is -0.525. The van der Waals surface area contributed by atoms with Crippen molar-refractivity contribution in [1.82, 2.24) is 0 Å². The molecule has 0 aliphatic heterocycles. The van der Waals surface area contributed by atoms with Crippen LogP contribution in [0, 0.1) is 5.92 Å². The Hall–Kier alpha value is 0.820. The minimum absolute atomic E-state index is 0. The number of hydrogen-bond acceptors (Lipinski definition) is 4. The van der Waals surface area contributed by atoms with Crippen molar-refractivity contribution in [1.29, 1.82) is 0 Å². The summed E-state index contributed by atoms with van der Waals surface area (Å²) in [6, 6.07) is 0. The summed E-state index contributed by atoms with van der Waals surface area (Å²) in [6.07, 6.45) is 0. The van der Waals surface area contributed by atoms with Gasteiger partial charge in [0.1, 0.15) is 0 Å². The summed E-state index contributed by atoms with van der Waals surface area (Å²) < 4.78 is 14.6. The van der Waals surface area contributed by atoms with Gasteiger partial charge in [0.25, 0.3) is 0 Å². The van der Waals surface area contributed by atoms with E-state index in [-0.39, 0.29) is 29.6 Å². The van der Waals surface area contributed by atoms with Crippen LogP contribution in [-0.2, 0) is 13.9 Å². The predicted octanol–water partition coefficient (Wildman–Crippen LogP) is -2.63. The van der Waals surface area contributed by atoms with Gasteiger partial charge < -0.3 is 14.0 Å². The number of carbonyl (C=O) groups is 1. The van der Waals surface area contributed by atoms with Crippen LogP contribution in [0.4, 0.5) is 0 Å². The third-order valence-electron chi connectivity index (χ3n) is 1.00. The second-order valence-corrected chi connectivity index (χ2v) is 3.97. The Morgan fingerprint density at radius 2 is 1.91 bits per heavy atom. The minimum atomic E-state index is -4.21. The molecule has 0 aromatic rings. The third-order valence-corrected chi connectivity index (χ3v) is 2.54. The topological polar surface area (TPSA) is 66.4 Å². The summed E-state index contributed by atoms with van der Waals surface area (Å²) in [7, 11) is -3.23. The normalized spacial score (nSPS) is 15.4. The van der Waals surface area contributed by atoms with E-state index in [0.29, 0.717) is 0 Å². The second kappa shape index (κ2) is 5.46. The van der Waals surface area contributed by atoms with Crippen molar-refractivity contribution in [3.63, 3.8) is 0 Å². The molecule has 0 aliphatic carbocycles. The molecule has 0 aliphatic rings. The summed E-state index contributed by atoms with van der Waals surface area (Å²) in [5.41, 5.74) is -0.852. The summed E-state index contributed by atoms with van der Waals surface area (Å²) in [6.45, 7) is 3.01. The summed E-state index contributed by atoms with van der Waals surface area (Å²) in [4.78, 5) is 21.3. The Balaban J connectivity index is 0. The van der Waals surface area contributed by atoms with Crippen molar-refractivity contribution in [3.05, 3.63) is 0 Å². The van der Waals surface area contributed by atoms with Gasteiger partial charge in [0.15, 0.2) is 0 Å².